The van der Waals surface area contributed by atoms with E-state index in [1.807, 2.05) is 29.8 Å². The first-order valence-electron chi connectivity index (χ1n) is 9.35. The highest BCUT2D eigenvalue weighted by Gasteiger charge is 2.48. The Hall–Kier alpha value is -1.91. The Morgan fingerprint density at radius 1 is 1.17 bits per heavy atom. The van der Waals surface area contributed by atoms with Gasteiger partial charge in [0.25, 0.3) is 5.91 Å². The summed E-state index contributed by atoms with van der Waals surface area (Å²) in [5.74, 6) is 3.33. The summed E-state index contributed by atoms with van der Waals surface area (Å²) < 4.78 is 1.86. The van der Waals surface area contributed by atoms with Crippen molar-refractivity contribution in [2.24, 2.45) is 23.7 Å². The molecule has 1 aromatic carbocycles. The number of nitrogens with one attached hydrogen (secondary N) is 1. The van der Waals surface area contributed by atoms with Crippen LogP contribution in [0.5, 0.6) is 0 Å². The number of carbonyl (C=O) groups excluding carboxylic acids is 1. The third-order valence-electron chi connectivity index (χ3n) is 6.60. The maximum Gasteiger partial charge on any atom is 0.251 e. The van der Waals surface area contributed by atoms with Crippen LogP contribution in [0.3, 0.4) is 0 Å². The largest absolute Gasteiger partial charge is 0.349 e. The van der Waals surface area contributed by atoms with E-state index in [-0.39, 0.29) is 5.91 Å². The molecule has 2 aromatic rings. The number of aryl methyl sites for hydroxylation is 1. The summed E-state index contributed by atoms with van der Waals surface area (Å²) in [5.41, 5.74) is 2.50. The summed E-state index contributed by atoms with van der Waals surface area (Å²) in [6.45, 7) is 2.83. The molecular weight excluding hydrogens is 300 g/mol. The summed E-state index contributed by atoms with van der Waals surface area (Å²) >= 11 is 0. The molecular formula is C19H24N4O. The van der Waals surface area contributed by atoms with Gasteiger partial charge in [-0.1, -0.05) is 5.21 Å². The SMILES string of the molecule is CCn1nnc2cc(C(=O)NC3C4CC5CC(C4)CC3C5)ccc21. The fourth-order valence-corrected chi connectivity index (χ4v) is 5.74. The third kappa shape index (κ3) is 2.17. The summed E-state index contributed by atoms with van der Waals surface area (Å²) in [4.78, 5) is 12.8. The van der Waals surface area contributed by atoms with Crippen molar-refractivity contribution in [3.05, 3.63) is 23.8 Å². The van der Waals surface area contributed by atoms with Crippen LogP contribution >= 0.6 is 0 Å². The normalized spacial score (nSPS) is 34.0. The topological polar surface area (TPSA) is 59.8 Å². The first-order valence-corrected chi connectivity index (χ1v) is 9.35. The Kier molecular flexibility index (Phi) is 3.19. The average Bonchev–Trinajstić information content (AvgIpc) is 2.99. The van der Waals surface area contributed by atoms with E-state index in [9.17, 15) is 4.79 Å². The van der Waals surface area contributed by atoms with Crippen molar-refractivity contribution in [1.82, 2.24) is 20.3 Å². The molecule has 4 bridgehead atoms. The summed E-state index contributed by atoms with van der Waals surface area (Å²) in [6.07, 6.45) is 6.73. The molecule has 0 atom stereocenters. The lowest BCUT2D eigenvalue weighted by molar-refractivity contribution is -0.0119. The molecule has 5 nitrogen and oxygen atoms in total. The van der Waals surface area contributed by atoms with Crippen LogP contribution in [-0.2, 0) is 6.54 Å². The van der Waals surface area contributed by atoms with Crippen LogP contribution < -0.4 is 5.32 Å². The van der Waals surface area contributed by atoms with Crippen LogP contribution in [-0.4, -0.2) is 26.9 Å². The number of benzene rings is 1. The van der Waals surface area contributed by atoms with E-state index in [2.05, 4.69) is 15.6 Å². The van der Waals surface area contributed by atoms with Crippen molar-refractivity contribution < 1.29 is 4.79 Å². The van der Waals surface area contributed by atoms with Gasteiger partial charge in [-0.3, -0.25) is 4.79 Å². The number of rotatable bonds is 3. The van der Waals surface area contributed by atoms with Gasteiger partial charge in [0.05, 0.1) is 5.52 Å². The lowest BCUT2D eigenvalue weighted by Crippen LogP contribution is -2.55. The Bertz CT molecular complexity index is 768. The van der Waals surface area contributed by atoms with Gasteiger partial charge in [-0.25, -0.2) is 4.68 Å². The number of fused-ring (bicyclic) bond motifs is 1. The van der Waals surface area contributed by atoms with E-state index in [0.29, 0.717) is 23.4 Å². The zero-order valence-electron chi connectivity index (χ0n) is 14.1. The van der Waals surface area contributed by atoms with E-state index in [1.54, 1.807) is 0 Å². The molecule has 0 saturated heterocycles. The van der Waals surface area contributed by atoms with E-state index in [0.717, 1.165) is 29.4 Å². The number of hydrogen-bond acceptors (Lipinski definition) is 3. The lowest BCUT2D eigenvalue weighted by atomic mass is 9.54. The van der Waals surface area contributed by atoms with Crippen LogP contribution in [0.4, 0.5) is 0 Å². The monoisotopic (exact) mass is 324 g/mol. The molecule has 4 saturated carbocycles. The van der Waals surface area contributed by atoms with Gasteiger partial charge in [-0.05, 0) is 80.9 Å². The minimum atomic E-state index is 0.0559. The number of amides is 1. The molecule has 1 N–H and O–H groups in total. The molecule has 1 heterocycles. The van der Waals surface area contributed by atoms with Gasteiger partial charge >= 0.3 is 0 Å². The lowest BCUT2D eigenvalue weighted by Gasteiger charge is -2.54. The Morgan fingerprint density at radius 3 is 2.54 bits per heavy atom. The predicted molar refractivity (Wildman–Crippen MR) is 91.5 cm³/mol. The molecule has 6 rings (SSSR count). The maximum absolute atomic E-state index is 12.8. The van der Waals surface area contributed by atoms with Crippen LogP contribution in [0.25, 0.3) is 11.0 Å². The van der Waals surface area contributed by atoms with Crippen molar-refractivity contribution >= 4 is 16.9 Å². The standard InChI is InChI=1S/C19H24N4O/c1-2-23-17-4-3-13(10-16(17)21-22-23)19(24)20-18-14-6-11-5-12(8-14)9-15(18)7-11/h3-4,10-12,14-15,18H,2,5-9H2,1H3,(H,20,24). The number of carbonyl (C=O) groups is 1. The molecule has 1 aromatic heterocycles. The first kappa shape index (κ1) is 14.4. The minimum Gasteiger partial charge on any atom is -0.349 e. The van der Waals surface area contributed by atoms with Gasteiger partial charge in [-0.15, -0.1) is 5.10 Å². The Labute approximate surface area is 141 Å². The van der Waals surface area contributed by atoms with Crippen molar-refractivity contribution in [1.29, 1.82) is 0 Å². The molecule has 0 radical (unpaired) electrons. The highest BCUT2D eigenvalue weighted by Crippen LogP contribution is 2.53. The van der Waals surface area contributed by atoms with E-state index in [4.69, 9.17) is 0 Å². The molecule has 24 heavy (non-hydrogen) atoms. The summed E-state index contributed by atoms with van der Waals surface area (Å²) in [6, 6.07) is 6.13. The van der Waals surface area contributed by atoms with Crippen LogP contribution in [0.2, 0.25) is 0 Å². The fourth-order valence-electron chi connectivity index (χ4n) is 5.74. The zero-order valence-corrected chi connectivity index (χ0v) is 14.1. The van der Waals surface area contributed by atoms with E-state index < -0.39 is 0 Å². The number of aromatic nitrogens is 3. The quantitative estimate of drug-likeness (QED) is 0.944. The highest BCUT2D eigenvalue weighted by atomic mass is 16.1. The van der Waals surface area contributed by atoms with Crippen LogP contribution in [0, 0.1) is 23.7 Å². The number of nitrogens with zero attached hydrogens (tertiary/aromatic N) is 3. The van der Waals surface area contributed by atoms with E-state index in [1.165, 1.54) is 32.1 Å². The highest BCUT2D eigenvalue weighted by molar-refractivity contribution is 5.97. The van der Waals surface area contributed by atoms with Gasteiger partial charge in [0.2, 0.25) is 0 Å². The minimum absolute atomic E-state index is 0.0559. The second kappa shape index (κ2) is 5.30. The molecule has 0 unspecified atom stereocenters. The van der Waals surface area contributed by atoms with Crippen LogP contribution in [0.1, 0.15) is 49.4 Å². The molecule has 0 spiro atoms. The summed E-state index contributed by atoms with van der Waals surface area (Å²) in [5, 5.41) is 11.7. The average molecular weight is 324 g/mol. The third-order valence-corrected chi connectivity index (χ3v) is 6.60. The second-order valence-corrected chi connectivity index (χ2v) is 8.04. The van der Waals surface area contributed by atoms with Crippen LogP contribution in [0.15, 0.2) is 18.2 Å². The molecule has 4 fully saturated rings. The molecule has 5 heteroatoms. The molecule has 1 amide bonds. The first-order chi connectivity index (χ1) is 11.7. The zero-order chi connectivity index (χ0) is 16.3. The van der Waals surface area contributed by atoms with Gasteiger partial charge < -0.3 is 5.32 Å². The molecule has 0 aliphatic heterocycles. The number of hydrogen-bond donors (Lipinski definition) is 1. The molecule has 126 valence electrons. The van der Waals surface area contributed by atoms with Gasteiger partial charge in [0.15, 0.2) is 0 Å². The van der Waals surface area contributed by atoms with Crippen molar-refractivity contribution in [3.8, 4) is 0 Å². The van der Waals surface area contributed by atoms with Crippen molar-refractivity contribution in [3.63, 3.8) is 0 Å². The fraction of sp³-hybridized carbons (Fsp3) is 0.632. The summed E-state index contributed by atoms with van der Waals surface area (Å²) in [7, 11) is 0. The van der Waals surface area contributed by atoms with E-state index >= 15 is 0 Å². The molecule has 4 aliphatic rings. The van der Waals surface area contributed by atoms with Gasteiger partial charge in [0, 0.05) is 18.2 Å². The smallest absolute Gasteiger partial charge is 0.251 e. The maximum atomic E-state index is 12.8. The van der Waals surface area contributed by atoms with Crippen molar-refractivity contribution in [2.75, 3.05) is 0 Å². The van der Waals surface area contributed by atoms with Crippen molar-refractivity contribution in [2.45, 2.75) is 51.6 Å². The Balaban J connectivity index is 1.37. The molecule has 4 aliphatic carbocycles. The van der Waals surface area contributed by atoms with Gasteiger partial charge in [0.1, 0.15) is 5.52 Å². The Morgan fingerprint density at radius 2 is 1.88 bits per heavy atom. The van der Waals surface area contributed by atoms with Gasteiger partial charge in [-0.2, -0.15) is 0 Å². The predicted octanol–water partition coefficient (Wildman–Crippen LogP) is 3.01. The second-order valence-electron chi connectivity index (χ2n) is 8.04.